The number of nitro groups is 1. The van der Waals surface area contributed by atoms with Crippen LogP contribution in [-0.4, -0.2) is 24.0 Å². The maximum Gasteiger partial charge on any atom is 0.319 e. The van der Waals surface area contributed by atoms with Crippen molar-refractivity contribution in [2.45, 2.75) is 19.6 Å². The van der Waals surface area contributed by atoms with Gasteiger partial charge in [-0.1, -0.05) is 36.4 Å². The number of nitro benzene ring substituents is 1. The van der Waals surface area contributed by atoms with E-state index in [1.165, 1.54) is 31.4 Å². The fourth-order valence-corrected chi connectivity index (χ4v) is 3.83. The first kappa shape index (κ1) is 24.3. The molecule has 10 nitrogen and oxygen atoms in total. The van der Waals surface area contributed by atoms with Gasteiger partial charge in [0.1, 0.15) is 6.61 Å². The highest BCUT2D eigenvalue weighted by molar-refractivity contribution is 6.06. The third kappa shape index (κ3) is 5.44. The van der Waals surface area contributed by atoms with E-state index in [2.05, 4.69) is 16.0 Å². The Labute approximate surface area is 207 Å². The monoisotopic (exact) mass is 488 g/mol. The van der Waals surface area contributed by atoms with Gasteiger partial charge in [0.05, 0.1) is 23.6 Å². The van der Waals surface area contributed by atoms with Crippen LogP contribution in [0.4, 0.5) is 16.2 Å². The van der Waals surface area contributed by atoms with Crippen LogP contribution in [0.25, 0.3) is 0 Å². The fraction of sp³-hybridized carbons (Fsp3) is 0.154. The van der Waals surface area contributed by atoms with E-state index in [0.717, 1.165) is 5.56 Å². The quantitative estimate of drug-likeness (QED) is 0.317. The number of non-ortho nitro benzene ring substituents is 1. The Kier molecular flexibility index (Phi) is 7.15. The lowest BCUT2D eigenvalue weighted by molar-refractivity contribution is -0.384. The Morgan fingerprint density at radius 1 is 1.06 bits per heavy atom. The highest BCUT2D eigenvalue weighted by atomic mass is 16.6. The fourth-order valence-electron chi connectivity index (χ4n) is 3.83. The Morgan fingerprint density at radius 3 is 2.44 bits per heavy atom. The number of methoxy groups -OCH3 is 1. The molecule has 1 aliphatic heterocycles. The first-order valence-electron chi connectivity index (χ1n) is 11.0. The molecule has 0 saturated carbocycles. The van der Waals surface area contributed by atoms with E-state index in [-0.39, 0.29) is 11.3 Å². The molecule has 3 amide bonds. The minimum Gasteiger partial charge on any atom is -0.493 e. The Hall–Kier alpha value is -4.86. The SMILES string of the molecule is COc1cc([C@@H]2NC(=O)NC(C)=C2C(=O)Nc2ccc([N+](=O)[O-])cc2)ccc1OCc1ccccc1. The number of anilines is 1. The van der Waals surface area contributed by atoms with Crippen LogP contribution in [0.5, 0.6) is 11.5 Å². The number of nitrogens with zero attached hydrogens (tertiary/aromatic N) is 1. The van der Waals surface area contributed by atoms with E-state index in [1.807, 2.05) is 30.3 Å². The molecule has 4 rings (SSSR count). The molecule has 10 heteroatoms. The van der Waals surface area contributed by atoms with Crippen molar-refractivity contribution >= 4 is 23.3 Å². The van der Waals surface area contributed by atoms with E-state index in [1.54, 1.807) is 25.1 Å². The molecular weight excluding hydrogens is 464 g/mol. The van der Waals surface area contributed by atoms with E-state index in [9.17, 15) is 19.7 Å². The minimum absolute atomic E-state index is 0.0884. The first-order valence-corrected chi connectivity index (χ1v) is 11.0. The van der Waals surface area contributed by atoms with Gasteiger partial charge in [-0.15, -0.1) is 0 Å². The molecule has 36 heavy (non-hydrogen) atoms. The summed E-state index contributed by atoms with van der Waals surface area (Å²) in [5.74, 6) is 0.495. The highest BCUT2D eigenvalue weighted by Crippen LogP contribution is 2.35. The number of rotatable bonds is 8. The third-order valence-electron chi connectivity index (χ3n) is 5.61. The van der Waals surface area contributed by atoms with Gasteiger partial charge in [-0.3, -0.25) is 14.9 Å². The second kappa shape index (κ2) is 10.6. The van der Waals surface area contributed by atoms with Crippen molar-refractivity contribution < 1.29 is 24.0 Å². The van der Waals surface area contributed by atoms with Gasteiger partial charge >= 0.3 is 6.03 Å². The summed E-state index contributed by atoms with van der Waals surface area (Å²) in [5.41, 5.74) is 2.57. The molecule has 0 unspecified atom stereocenters. The molecular formula is C26H24N4O6. The van der Waals surface area contributed by atoms with Gasteiger partial charge < -0.3 is 25.4 Å². The molecule has 0 aliphatic carbocycles. The van der Waals surface area contributed by atoms with Gasteiger partial charge in [-0.05, 0) is 42.3 Å². The minimum atomic E-state index is -0.770. The molecule has 0 spiro atoms. The van der Waals surface area contributed by atoms with Crippen LogP contribution in [-0.2, 0) is 11.4 Å². The molecule has 0 saturated heterocycles. The van der Waals surface area contributed by atoms with Crippen molar-refractivity contribution in [1.82, 2.24) is 10.6 Å². The van der Waals surface area contributed by atoms with Gasteiger partial charge in [0, 0.05) is 23.5 Å². The smallest absolute Gasteiger partial charge is 0.319 e. The lowest BCUT2D eigenvalue weighted by Gasteiger charge is -2.29. The number of carbonyl (C=O) groups excluding carboxylic acids is 2. The Bertz CT molecular complexity index is 1320. The van der Waals surface area contributed by atoms with Gasteiger partial charge in [0.25, 0.3) is 11.6 Å². The summed E-state index contributed by atoms with van der Waals surface area (Å²) in [7, 11) is 1.51. The Balaban J connectivity index is 1.58. The number of amides is 3. The standard InChI is InChI=1S/C26H24N4O6/c1-16-23(25(31)28-19-9-11-20(12-10-19)30(33)34)24(29-26(32)27-16)18-8-13-21(22(14-18)35-2)36-15-17-6-4-3-5-7-17/h3-14,24H,15H2,1-2H3,(H,28,31)(H2,27,29,32)/t24-/m0/s1. The molecule has 1 atom stereocenters. The number of hydrogen-bond acceptors (Lipinski definition) is 6. The van der Waals surface area contributed by atoms with Crippen LogP contribution in [0.1, 0.15) is 24.1 Å². The predicted molar refractivity (Wildman–Crippen MR) is 133 cm³/mol. The molecule has 3 aromatic carbocycles. The zero-order valence-electron chi connectivity index (χ0n) is 19.6. The van der Waals surface area contributed by atoms with E-state index in [0.29, 0.717) is 35.1 Å². The molecule has 3 N–H and O–H groups in total. The van der Waals surface area contributed by atoms with Gasteiger partial charge in [-0.2, -0.15) is 0 Å². The number of carbonyl (C=O) groups is 2. The normalized spacial score (nSPS) is 14.9. The van der Waals surface area contributed by atoms with Crippen LogP contribution in [0.3, 0.4) is 0 Å². The second-order valence-electron chi connectivity index (χ2n) is 8.01. The van der Waals surface area contributed by atoms with Gasteiger partial charge in [0.15, 0.2) is 11.5 Å². The van der Waals surface area contributed by atoms with Crippen molar-refractivity contribution in [3.05, 3.63) is 105 Å². The topological polar surface area (TPSA) is 132 Å². The predicted octanol–water partition coefficient (Wildman–Crippen LogP) is 4.45. The van der Waals surface area contributed by atoms with E-state index < -0.39 is 22.9 Å². The summed E-state index contributed by atoms with van der Waals surface area (Å²) < 4.78 is 11.4. The number of benzene rings is 3. The zero-order valence-corrected chi connectivity index (χ0v) is 19.6. The molecule has 3 aromatic rings. The first-order chi connectivity index (χ1) is 17.4. The number of ether oxygens (including phenoxy) is 2. The maximum absolute atomic E-state index is 13.2. The lowest BCUT2D eigenvalue weighted by atomic mass is 9.94. The van der Waals surface area contributed by atoms with Crippen LogP contribution < -0.4 is 25.4 Å². The number of allylic oxidation sites excluding steroid dienone is 1. The van der Waals surface area contributed by atoms with Crippen LogP contribution in [0.15, 0.2) is 84.1 Å². The molecule has 0 aromatic heterocycles. The van der Waals surface area contributed by atoms with Crippen molar-refractivity contribution in [2.75, 3.05) is 12.4 Å². The number of urea groups is 1. The van der Waals surface area contributed by atoms with Gasteiger partial charge in [0.2, 0.25) is 0 Å². The summed E-state index contributed by atoms with van der Waals surface area (Å²) in [5, 5.41) is 19.0. The van der Waals surface area contributed by atoms with Crippen molar-refractivity contribution in [1.29, 1.82) is 0 Å². The van der Waals surface area contributed by atoms with Crippen LogP contribution in [0, 0.1) is 10.1 Å². The molecule has 1 aliphatic rings. The summed E-state index contributed by atoms with van der Waals surface area (Å²) in [4.78, 5) is 35.8. The molecule has 0 fully saturated rings. The van der Waals surface area contributed by atoms with E-state index >= 15 is 0 Å². The molecule has 184 valence electrons. The van der Waals surface area contributed by atoms with Crippen molar-refractivity contribution in [2.24, 2.45) is 0 Å². The summed E-state index contributed by atoms with van der Waals surface area (Å²) >= 11 is 0. The maximum atomic E-state index is 13.2. The summed E-state index contributed by atoms with van der Waals surface area (Å²) in [6, 6.07) is 19.1. The molecule has 0 radical (unpaired) electrons. The average molecular weight is 489 g/mol. The van der Waals surface area contributed by atoms with Crippen LogP contribution >= 0.6 is 0 Å². The molecule has 0 bridgehead atoms. The Morgan fingerprint density at radius 2 is 1.78 bits per heavy atom. The van der Waals surface area contributed by atoms with Gasteiger partial charge in [-0.25, -0.2) is 4.79 Å². The summed E-state index contributed by atoms with van der Waals surface area (Å²) in [6.07, 6.45) is 0. The largest absolute Gasteiger partial charge is 0.493 e. The second-order valence-corrected chi connectivity index (χ2v) is 8.01. The average Bonchev–Trinajstić information content (AvgIpc) is 2.87. The van der Waals surface area contributed by atoms with Crippen molar-refractivity contribution in [3.8, 4) is 11.5 Å². The van der Waals surface area contributed by atoms with Crippen molar-refractivity contribution in [3.63, 3.8) is 0 Å². The van der Waals surface area contributed by atoms with Crippen LogP contribution in [0.2, 0.25) is 0 Å². The molecule has 1 heterocycles. The lowest BCUT2D eigenvalue weighted by Crippen LogP contribution is -2.46. The third-order valence-corrected chi connectivity index (χ3v) is 5.61. The zero-order chi connectivity index (χ0) is 25.7. The summed E-state index contributed by atoms with van der Waals surface area (Å²) in [6.45, 7) is 1.98. The number of hydrogen-bond donors (Lipinski definition) is 3. The highest BCUT2D eigenvalue weighted by Gasteiger charge is 2.32. The number of nitrogens with one attached hydrogen (secondary N) is 3. The van der Waals surface area contributed by atoms with E-state index in [4.69, 9.17) is 9.47 Å².